The molecule has 196 valence electrons. The van der Waals surface area contributed by atoms with E-state index >= 15 is 0 Å². The van der Waals surface area contributed by atoms with Gasteiger partial charge in [0.2, 0.25) is 21.8 Å². The molecule has 2 aromatic carbocycles. The molecule has 11 heteroatoms. The number of nitrogens with zero attached hydrogens (tertiary/aromatic N) is 2. The summed E-state index contributed by atoms with van der Waals surface area (Å²) in [6.45, 7) is 1.20. The Bertz CT molecular complexity index is 1180. The Morgan fingerprint density at radius 2 is 1.75 bits per heavy atom. The lowest BCUT2D eigenvalue weighted by Crippen LogP contribution is -2.52. The van der Waals surface area contributed by atoms with Gasteiger partial charge < -0.3 is 15.0 Å². The van der Waals surface area contributed by atoms with Crippen molar-refractivity contribution in [3.63, 3.8) is 0 Å². The van der Waals surface area contributed by atoms with Gasteiger partial charge in [-0.25, -0.2) is 8.42 Å². The highest BCUT2D eigenvalue weighted by molar-refractivity contribution is 7.92. The second-order valence-corrected chi connectivity index (χ2v) is 11.7. The van der Waals surface area contributed by atoms with Crippen LogP contribution in [0.5, 0.6) is 5.75 Å². The highest BCUT2D eigenvalue weighted by Gasteiger charge is 2.31. The van der Waals surface area contributed by atoms with Gasteiger partial charge in [-0.3, -0.25) is 13.9 Å². The number of carbonyl (C=O) groups excluding carboxylic acids is 2. The highest BCUT2D eigenvalue weighted by atomic mass is 35.5. The van der Waals surface area contributed by atoms with Crippen LogP contribution in [-0.2, 0) is 26.2 Å². The molecule has 0 radical (unpaired) electrons. The minimum atomic E-state index is -3.88. The van der Waals surface area contributed by atoms with E-state index in [0.717, 1.165) is 41.8 Å². The first kappa shape index (κ1) is 28.1. The van der Waals surface area contributed by atoms with Gasteiger partial charge in [-0.2, -0.15) is 0 Å². The summed E-state index contributed by atoms with van der Waals surface area (Å²) in [5.41, 5.74) is 0.896. The molecule has 0 aromatic heterocycles. The van der Waals surface area contributed by atoms with Crippen LogP contribution in [0.15, 0.2) is 42.5 Å². The molecule has 0 spiro atoms. The molecule has 1 saturated carbocycles. The molecule has 0 saturated heterocycles. The van der Waals surface area contributed by atoms with Crippen molar-refractivity contribution in [3.8, 4) is 5.75 Å². The number of methoxy groups -OCH3 is 1. The van der Waals surface area contributed by atoms with Gasteiger partial charge in [0.1, 0.15) is 18.3 Å². The molecule has 1 atom stereocenters. The number of hydrogen-bond donors (Lipinski definition) is 1. The van der Waals surface area contributed by atoms with Gasteiger partial charge in [0, 0.05) is 22.6 Å². The first-order chi connectivity index (χ1) is 17.0. The van der Waals surface area contributed by atoms with E-state index in [1.807, 2.05) is 6.07 Å². The zero-order valence-electron chi connectivity index (χ0n) is 20.5. The Kier molecular flexibility index (Phi) is 9.49. The van der Waals surface area contributed by atoms with E-state index in [2.05, 4.69) is 5.32 Å². The minimum Gasteiger partial charge on any atom is -0.497 e. The van der Waals surface area contributed by atoms with Crippen molar-refractivity contribution in [1.29, 1.82) is 0 Å². The van der Waals surface area contributed by atoms with Crippen LogP contribution in [0.2, 0.25) is 10.0 Å². The molecule has 0 unspecified atom stereocenters. The van der Waals surface area contributed by atoms with Crippen LogP contribution in [0.1, 0.15) is 38.2 Å². The van der Waals surface area contributed by atoms with Crippen molar-refractivity contribution >= 4 is 50.7 Å². The number of hydrogen-bond acceptors (Lipinski definition) is 5. The Hall–Kier alpha value is -2.49. The molecule has 36 heavy (non-hydrogen) atoms. The van der Waals surface area contributed by atoms with Crippen molar-refractivity contribution < 1.29 is 22.7 Å². The summed E-state index contributed by atoms with van der Waals surface area (Å²) in [6.07, 6.45) is 4.91. The third-order valence-corrected chi connectivity index (χ3v) is 7.75. The SMILES string of the molecule is COc1cccc(CN(C(=O)CN(c2cc(Cl)cc(Cl)c2)S(C)(=O)=O)[C@H](C)C(=O)NC2CCCC2)c1. The summed E-state index contributed by atoms with van der Waals surface area (Å²) in [7, 11) is -2.34. The summed E-state index contributed by atoms with van der Waals surface area (Å²) >= 11 is 12.2. The second-order valence-electron chi connectivity index (χ2n) is 8.94. The van der Waals surface area contributed by atoms with Crippen LogP contribution >= 0.6 is 23.2 Å². The van der Waals surface area contributed by atoms with Crippen LogP contribution in [0.25, 0.3) is 0 Å². The average Bonchev–Trinajstić information content (AvgIpc) is 3.32. The molecule has 8 nitrogen and oxygen atoms in total. The minimum absolute atomic E-state index is 0.0786. The summed E-state index contributed by atoms with van der Waals surface area (Å²) in [5.74, 6) is -0.224. The monoisotopic (exact) mass is 555 g/mol. The maximum absolute atomic E-state index is 13.6. The molecule has 0 heterocycles. The summed E-state index contributed by atoms with van der Waals surface area (Å²) in [6, 6.07) is 10.7. The number of sulfonamides is 1. The van der Waals surface area contributed by atoms with Crippen LogP contribution in [-0.4, -0.2) is 57.1 Å². The number of benzene rings is 2. The summed E-state index contributed by atoms with van der Waals surface area (Å²) in [4.78, 5) is 28.1. The van der Waals surface area contributed by atoms with Crippen molar-refractivity contribution in [2.24, 2.45) is 0 Å². The van der Waals surface area contributed by atoms with Crippen molar-refractivity contribution in [2.75, 3.05) is 24.2 Å². The Morgan fingerprint density at radius 3 is 2.33 bits per heavy atom. The van der Waals surface area contributed by atoms with Gasteiger partial charge in [-0.15, -0.1) is 0 Å². The first-order valence-corrected chi connectivity index (χ1v) is 14.2. The van der Waals surface area contributed by atoms with E-state index in [1.54, 1.807) is 32.2 Å². The fraction of sp³-hybridized carbons (Fsp3) is 0.440. The highest BCUT2D eigenvalue weighted by Crippen LogP contribution is 2.27. The van der Waals surface area contributed by atoms with E-state index < -0.39 is 28.5 Å². The number of halogens is 2. The number of carbonyl (C=O) groups is 2. The zero-order valence-corrected chi connectivity index (χ0v) is 22.9. The molecule has 1 fully saturated rings. The average molecular weight is 557 g/mol. The fourth-order valence-corrected chi connectivity index (χ4v) is 5.59. The zero-order chi connectivity index (χ0) is 26.5. The second kappa shape index (κ2) is 12.2. The maximum Gasteiger partial charge on any atom is 0.244 e. The lowest BCUT2D eigenvalue weighted by molar-refractivity contribution is -0.139. The standard InChI is InChI=1S/C25H31Cl2N3O5S/c1-17(25(32)28-21-8-4-5-9-21)29(15-18-7-6-10-23(11-18)35-2)24(31)16-30(36(3,33)34)22-13-19(26)12-20(27)14-22/h6-7,10-14,17,21H,4-5,8-9,15-16H2,1-3H3,(H,28,32)/t17-/m1/s1. The molecule has 2 amide bonds. The Labute approximate surface area is 222 Å². The molecular weight excluding hydrogens is 525 g/mol. The topological polar surface area (TPSA) is 96.0 Å². The van der Waals surface area contributed by atoms with Crippen LogP contribution in [0, 0.1) is 0 Å². The van der Waals surface area contributed by atoms with E-state index in [9.17, 15) is 18.0 Å². The molecular formula is C25H31Cl2N3O5S. The number of amides is 2. The molecule has 0 aliphatic heterocycles. The maximum atomic E-state index is 13.6. The van der Waals surface area contributed by atoms with Crippen molar-refractivity contribution in [1.82, 2.24) is 10.2 Å². The summed E-state index contributed by atoms with van der Waals surface area (Å²) in [5, 5.41) is 3.49. The van der Waals surface area contributed by atoms with E-state index in [-0.39, 0.29) is 34.2 Å². The Balaban J connectivity index is 1.91. The van der Waals surface area contributed by atoms with Crippen LogP contribution < -0.4 is 14.4 Å². The normalized spacial score (nSPS) is 14.8. The van der Waals surface area contributed by atoms with E-state index in [1.165, 1.54) is 23.1 Å². The van der Waals surface area contributed by atoms with E-state index in [4.69, 9.17) is 27.9 Å². The van der Waals surface area contributed by atoms with Crippen molar-refractivity contribution in [2.45, 2.75) is 51.2 Å². The number of ether oxygens (including phenoxy) is 1. The quantitative estimate of drug-likeness (QED) is 0.472. The molecule has 0 bridgehead atoms. The van der Waals surface area contributed by atoms with E-state index in [0.29, 0.717) is 5.75 Å². The lowest BCUT2D eigenvalue weighted by atomic mass is 10.1. The molecule has 1 N–H and O–H groups in total. The van der Waals surface area contributed by atoms with Gasteiger partial charge >= 0.3 is 0 Å². The first-order valence-electron chi connectivity index (χ1n) is 11.6. The van der Waals surface area contributed by atoms with Crippen LogP contribution in [0.3, 0.4) is 0 Å². The number of nitrogens with one attached hydrogen (secondary N) is 1. The molecule has 1 aliphatic carbocycles. The number of anilines is 1. The molecule has 3 rings (SSSR count). The smallest absolute Gasteiger partial charge is 0.244 e. The fourth-order valence-electron chi connectivity index (χ4n) is 4.24. The van der Waals surface area contributed by atoms with Crippen LogP contribution in [0.4, 0.5) is 5.69 Å². The lowest BCUT2D eigenvalue weighted by Gasteiger charge is -2.32. The summed E-state index contributed by atoms with van der Waals surface area (Å²) < 4.78 is 31.5. The van der Waals surface area contributed by atoms with Gasteiger partial charge in [0.25, 0.3) is 0 Å². The molecule has 1 aliphatic rings. The van der Waals surface area contributed by atoms with Gasteiger partial charge in [0.05, 0.1) is 19.1 Å². The Morgan fingerprint density at radius 1 is 1.11 bits per heavy atom. The predicted octanol–water partition coefficient (Wildman–Crippen LogP) is 4.24. The predicted molar refractivity (Wildman–Crippen MR) is 142 cm³/mol. The largest absolute Gasteiger partial charge is 0.497 e. The third-order valence-electron chi connectivity index (χ3n) is 6.17. The third kappa shape index (κ3) is 7.51. The van der Waals surface area contributed by atoms with Gasteiger partial charge in [-0.05, 0) is 55.7 Å². The molecule has 2 aromatic rings. The van der Waals surface area contributed by atoms with Gasteiger partial charge in [0.15, 0.2) is 0 Å². The number of rotatable bonds is 10. The van der Waals surface area contributed by atoms with Crippen molar-refractivity contribution in [3.05, 3.63) is 58.1 Å². The van der Waals surface area contributed by atoms with Gasteiger partial charge in [-0.1, -0.05) is 48.2 Å².